The van der Waals surface area contributed by atoms with E-state index in [4.69, 9.17) is 16.3 Å². The number of aryl methyl sites for hydroxylation is 1. The summed E-state index contributed by atoms with van der Waals surface area (Å²) in [5, 5.41) is 14.2. The highest BCUT2D eigenvalue weighted by Crippen LogP contribution is 2.30. The summed E-state index contributed by atoms with van der Waals surface area (Å²) in [6.07, 6.45) is -0.698. The predicted octanol–water partition coefficient (Wildman–Crippen LogP) is 6.06. The number of nitrogens with one attached hydrogen (secondary N) is 2. The Balaban J connectivity index is 1.49. The number of hydrogen-bond donors (Lipinski definition) is 2. The fraction of sp³-hybridized carbons (Fsp3) is 0.333. The molecular weight excluding hydrogens is 514 g/mol. The zero-order valence-electron chi connectivity index (χ0n) is 19.8. The van der Waals surface area contributed by atoms with Crippen LogP contribution < -0.4 is 10.1 Å². The van der Waals surface area contributed by atoms with E-state index in [2.05, 4.69) is 30.6 Å². The number of halogens is 5. The summed E-state index contributed by atoms with van der Waals surface area (Å²) in [7, 11) is 0. The molecule has 2 aromatic carbocycles. The van der Waals surface area contributed by atoms with Crippen molar-refractivity contribution in [2.75, 3.05) is 17.8 Å². The summed E-state index contributed by atoms with van der Waals surface area (Å²) in [5.74, 6) is 1.24. The lowest BCUT2D eigenvalue weighted by Crippen LogP contribution is -2.19. The van der Waals surface area contributed by atoms with Crippen molar-refractivity contribution >= 4 is 23.2 Å². The van der Waals surface area contributed by atoms with Gasteiger partial charge in [0.1, 0.15) is 29.4 Å². The van der Waals surface area contributed by atoms with Crippen LogP contribution in [0.4, 0.5) is 29.2 Å². The molecule has 4 rings (SSSR count). The minimum atomic E-state index is -4.41. The van der Waals surface area contributed by atoms with Crippen molar-refractivity contribution in [3.8, 4) is 11.4 Å². The molecule has 0 spiro atoms. The van der Waals surface area contributed by atoms with Crippen LogP contribution in [0.5, 0.6) is 5.75 Å². The first-order valence-electron chi connectivity index (χ1n) is 11.4. The minimum absolute atomic E-state index is 0.118. The van der Waals surface area contributed by atoms with E-state index in [-0.39, 0.29) is 23.3 Å². The summed E-state index contributed by atoms with van der Waals surface area (Å²) in [5.41, 5.74) is 1.52. The summed E-state index contributed by atoms with van der Waals surface area (Å²) < 4.78 is 58.1. The second-order valence-electron chi connectivity index (χ2n) is 8.28. The third kappa shape index (κ3) is 7.19. The van der Waals surface area contributed by atoms with Gasteiger partial charge in [0, 0.05) is 17.5 Å². The standard InChI is InChI=1S/C24H24ClF4N7O/c1-15-30-14-36(35-15)21-10-7-17(12-20(21)26)31-23-32-22(33-34-23)19(4-2-3-11-25)16-5-8-18(9-6-16)37-13-24(27,28)29/h5-10,12,14,19H,2-4,11,13H2,1H3,(H2,31,32,33,34). The Kier molecular flexibility index (Phi) is 8.27. The Morgan fingerprint density at radius 2 is 1.92 bits per heavy atom. The molecule has 0 amide bonds. The molecule has 2 N–H and O–H groups in total. The number of H-pyrrole nitrogens is 1. The van der Waals surface area contributed by atoms with Gasteiger partial charge in [0.2, 0.25) is 5.95 Å². The molecule has 0 aliphatic rings. The van der Waals surface area contributed by atoms with Crippen LogP contribution in [-0.2, 0) is 0 Å². The van der Waals surface area contributed by atoms with Crippen molar-refractivity contribution in [1.29, 1.82) is 0 Å². The Hall–Kier alpha value is -3.67. The first kappa shape index (κ1) is 26.4. The molecule has 8 nitrogen and oxygen atoms in total. The average Bonchev–Trinajstić information content (AvgIpc) is 3.50. The molecule has 13 heteroatoms. The largest absolute Gasteiger partial charge is 0.484 e. The van der Waals surface area contributed by atoms with Gasteiger partial charge in [-0.1, -0.05) is 18.6 Å². The van der Waals surface area contributed by atoms with Gasteiger partial charge in [-0.05, 0) is 55.7 Å². The molecule has 0 aliphatic heterocycles. The molecule has 0 radical (unpaired) electrons. The highest BCUT2D eigenvalue weighted by molar-refractivity contribution is 6.17. The molecule has 2 aromatic heterocycles. The Labute approximate surface area is 215 Å². The van der Waals surface area contributed by atoms with E-state index < -0.39 is 18.6 Å². The highest BCUT2D eigenvalue weighted by Gasteiger charge is 2.28. The van der Waals surface area contributed by atoms with Gasteiger partial charge in [-0.3, -0.25) is 5.10 Å². The first-order chi connectivity index (χ1) is 17.7. The van der Waals surface area contributed by atoms with Crippen molar-refractivity contribution in [3.05, 3.63) is 71.8 Å². The normalized spacial score (nSPS) is 12.5. The van der Waals surface area contributed by atoms with Crippen LogP contribution in [0, 0.1) is 12.7 Å². The lowest BCUT2D eigenvalue weighted by atomic mass is 9.93. The number of nitrogens with zero attached hydrogens (tertiary/aromatic N) is 5. The molecular formula is C24H24ClF4N7O. The lowest BCUT2D eigenvalue weighted by Gasteiger charge is -2.15. The second-order valence-corrected chi connectivity index (χ2v) is 8.66. The van der Waals surface area contributed by atoms with E-state index in [1.165, 1.54) is 29.2 Å². The maximum atomic E-state index is 14.7. The molecule has 0 aliphatic carbocycles. The van der Waals surface area contributed by atoms with Crippen molar-refractivity contribution in [2.45, 2.75) is 38.3 Å². The van der Waals surface area contributed by atoms with Crippen LogP contribution in [0.1, 0.15) is 42.4 Å². The van der Waals surface area contributed by atoms with Crippen LogP contribution in [0.2, 0.25) is 0 Å². The maximum absolute atomic E-state index is 14.7. The quantitative estimate of drug-likeness (QED) is 0.137. The Bertz CT molecular complexity index is 1310. The van der Waals surface area contributed by atoms with E-state index in [1.807, 2.05) is 0 Å². The second kappa shape index (κ2) is 11.6. The molecule has 0 fully saturated rings. The van der Waals surface area contributed by atoms with Gasteiger partial charge in [0.25, 0.3) is 0 Å². The fourth-order valence-corrected chi connectivity index (χ4v) is 3.90. The van der Waals surface area contributed by atoms with Gasteiger partial charge in [-0.25, -0.2) is 14.1 Å². The number of aromatic amines is 1. The number of hydrogen-bond acceptors (Lipinski definition) is 6. The highest BCUT2D eigenvalue weighted by atomic mass is 35.5. The van der Waals surface area contributed by atoms with Gasteiger partial charge in [-0.2, -0.15) is 23.3 Å². The van der Waals surface area contributed by atoms with Crippen LogP contribution in [-0.4, -0.2) is 48.6 Å². The number of benzene rings is 2. The molecule has 4 aromatic rings. The maximum Gasteiger partial charge on any atom is 0.422 e. The van der Waals surface area contributed by atoms with Crippen LogP contribution in [0.25, 0.3) is 5.69 Å². The molecule has 37 heavy (non-hydrogen) atoms. The van der Waals surface area contributed by atoms with Gasteiger partial charge < -0.3 is 10.1 Å². The number of rotatable bonds is 11. The molecule has 1 unspecified atom stereocenters. The van der Waals surface area contributed by atoms with E-state index in [0.717, 1.165) is 18.4 Å². The Morgan fingerprint density at radius 1 is 1.14 bits per heavy atom. The minimum Gasteiger partial charge on any atom is -0.484 e. The zero-order valence-corrected chi connectivity index (χ0v) is 20.5. The van der Waals surface area contributed by atoms with Crippen molar-refractivity contribution < 1.29 is 22.3 Å². The fourth-order valence-electron chi connectivity index (χ4n) is 3.71. The number of anilines is 2. The molecule has 0 bridgehead atoms. The number of unbranched alkanes of at least 4 members (excludes halogenated alkanes) is 1. The van der Waals surface area contributed by atoms with Crippen molar-refractivity contribution in [3.63, 3.8) is 0 Å². The van der Waals surface area contributed by atoms with E-state index in [0.29, 0.717) is 29.6 Å². The Morgan fingerprint density at radius 3 is 2.57 bits per heavy atom. The van der Waals surface area contributed by atoms with Gasteiger partial charge >= 0.3 is 6.18 Å². The predicted molar refractivity (Wildman–Crippen MR) is 130 cm³/mol. The molecule has 196 valence electrons. The third-order valence-corrected chi connectivity index (χ3v) is 5.72. The van der Waals surface area contributed by atoms with Gasteiger partial charge in [0.15, 0.2) is 12.4 Å². The number of aromatic nitrogens is 6. The van der Waals surface area contributed by atoms with Crippen LogP contribution >= 0.6 is 11.6 Å². The summed E-state index contributed by atoms with van der Waals surface area (Å²) >= 11 is 5.83. The lowest BCUT2D eigenvalue weighted by molar-refractivity contribution is -0.153. The number of ether oxygens (including phenoxy) is 1. The van der Waals surface area contributed by atoms with Crippen molar-refractivity contribution in [1.82, 2.24) is 29.9 Å². The first-order valence-corrected chi connectivity index (χ1v) is 12.0. The summed E-state index contributed by atoms with van der Waals surface area (Å²) in [4.78, 5) is 8.53. The molecule has 2 heterocycles. The zero-order chi connectivity index (χ0) is 26.4. The third-order valence-electron chi connectivity index (χ3n) is 5.45. The van der Waals surface area contributed by atoms with Crippen LogP contribution in [0.15, 0.2) is 48.8 Å². The molecule has 1 atom stereocenters. The topological polar surface area (TPSA) is 93.5 Å². The average molecular weight is 538 g/mol. The van der Waals surface area contributed by atoms with Crippen LogP contribution in [0.3, 0.4) is 0 Å². The smallest absolute Gasteiger partial charge is 0.422 e. The van der Waals surface area contributed by atoms with Crippen molar-refractivity contribution in [2.24, 2.45) is 0 Å². The molecule has 0 saturated heterocycles. The summed E-state index contributed by atoms with van der Waals surface area (Å²) in [6, 6.07) is 10.9. The summed E-state index contributed by atoms with van der Waals surface area (Å²) in [6.45, 7) is 0.354. The molecule has 0 saturated carbocycles. The van der Waals surface area contributed by atoms with Gasteiger partial charge in [0.05, 0.1) is 0 Å². The monoisotopic (exact) mass is 537 g/mol. The van der Waals surface area contributed by atoms with E-state index >= 15 is 0 Å². The SMILES string of the molecule is Cc1ncn(-c2ccc(Nc3n[nH]c(C(CCCCCl)c4ccc(OCC(F)(F)F)cc4)n3)cc2F)n1. The number of alkyl halides is 4. The van der Waals surface area contributed by atoms with Gasteiger partial charge in [-0.15, -0.1) is 16.7 Å². The van der Waals surface area contributed by atoms with E-state index in [9.17, 15) is 17.6 Å². The van der Waals surface area contributed by atoms with E-state index in [1.54, 1.807) is 31.2 Å².